The van der Waals surface area contributed by atoms with Crippen molar-refractivity contribution in [2.24, 2.45) is 0 Å². The Balaban J connectivity index is 0.00000338. The molecule has 0 aliphatic carbocycles. The van der Waals surface area contributed by atoms with Gasteiger partial charge in [-0.2, -0.15) is 0 Å². The molecule has 140 valence electrons. The van der Waals surface area contributed by atoms with Crippen molar-refractivity contribution in [2.45, 2.75) is 39.4 Å². The molecule has 0 aromatic heterocycles. The molecule has 2 rings (SSSR count). The molecule has 0 unspecified atom stereocenters. The minimum atomic E-state index is -1.12. The number of carbonyl (C=O) groups excluding carboxylic acids is 2. The first-order valence-corrected chi connectivity index (χ1v) is 8.37. The van der Waals surface area contributed by atoms with E-state index >= 15 is 0 Å². The molecule has 0 N–H and O–H groups in total. The van der Waals surface area contributed by atoms with Gasteiger partial charge in [0, 0.05) is 16.1 Å². The smallest absolute Gasteiger partial charge is 0.350 e. The van der Waals surface area contributed by atoms with Gasteiger partial charge >= 0.3 is 5.97 Å². The summed E-state index contributed by atoms with van der Waals surface area (Å²) in [5.41, 5.74) is -0.0393. The van der Waals surface area contributed by atoms with Crippen LogP contribution in [0.1, 0.15) is 43.6 Å². The van der Waals surface area contributed by atoms with Crippen molar-refractivity contribution in [3.63, 3.8) is 0 Å². The Kier molecular flexibility index (Phi) is 8.09. The molecule has 4 nitrogen and oxygen atoms in total. The van der Waals surface area contributed by atoms with Gasteiger partial charge in [-0.3, -0.25) is 4.79 Å². The number of ketones is 1. The first-order valence-electron chi connectivity index (χ1n) is 7.99. The van der Waals surface area contributed by atoms with Gasteiger partial charge in [0.1, 0.15) is 5.75 Å². The van der Waals surface area contributed by atoms with Crippen LogP contribution >= 0.6 is 35.6 Å². The lowest BCUT2D eigenvalue weighted by Crippen LogP contribution is -2.40. The fourth-order valence-electron chi connectivity index (χ4n) is 2.13. The Bertz CT molecular complexity index is 752. The van der Waals surface area contributed by atoms with Crippen molar-refractivity contribution in [3.05, 3.63) is 64.7 Å². The highest BCUT2D eigenvalue weighted by molar-refractivity contribution is 14.0. The number of hydrogen-bond donors (Lipinski definition) is 0. The highest BCUT2D eigenvalue weighted by atomic mass is 127. The summed E-state index contributed by atoms with van der Waals surface area (Å²) in [6, 6.07) is 13.4. The van der Waals surface area contributed by atoms with Gasteiger partial charge in [0.25, 0.3) is 0 Å². The number of benzene rings is 2. The first kappa shape index (κ1) is 22.4. The second-order valence-electron chi connectivity index (χ2n) is 6.43. The first-order chi connectivity index (χ1) is 11.7. The van der Waals surface area contributed by atoms with Crippen molar-refractivity contribution in [1.29, 1.82) is 0 Å². The lowest BCUT2D eigenvalue weighted by Gasteiger charge is -2.25. The minimum absolute atomic E-state index is 0. The maximum Gasteiger partial charge on any atom is 0.350 e. The van der Waals surface area contributed by atoms with Crippen LogP contribution in [-0.4, -0.2) is 23.5 Å². The van der Waals surface area contributed by atoms with Crippen molar-refractivity contribution < 1.29 is 19.1 Å². The van der Waals surface area contributed by atoms with E-state index in [1.54, 1.807) is 76.2 Å². The van der Waals surface area contributed by atoms with Crippen LogP contribution in [0.5, 0.6) is 5.75 Å². The van der Waals surface area contributed by atoms with Crippen LogP contribution in [0.3, 0.4) is 0 Å². The molecule has 0 amide bonds. The summed E-state index contributed by atoms with van der Waals surface area (Å²) in [4.78, 5) is 24.5. The van der Waals surface area contributed by atoms with E-state index in [1.165, 1.54) is 0 Å². The molecule has 2 aromatic rings. The fraction of sp³-hybridized carbons (Fsp3) is 0.300. The number of ether oxygens (including phenoxy) is 2. The molecule has 6 heteroatoms. The molecule has 2 aromatic carbocycles. The molecule has 0 aliphatic heterocycles. The van der Waals surface area contributed by atoms with E-state index in [0.29, 0.717) is 21.9 Å². The molecule has 0 saturated heterocycles. The van der Waals surface area contributed by atoms with Crippen LogP contribution in [0.25, 0.3) is 0 Å². The molecule has 0 bridgehead atoms. The third-order valence-electron chi connectivity index (χ3n) is 3.43. The Morgan fingerprint density at radius 1 is 0.923 bits per heavy atom. The standard InChI is InChI=1S/C20H21ClO4.HI/c1-13(2)24-19(23)20(3,4)25-17-11-7-15(8-12-17)18(22)14-5-9-16(21)10-6-14;/h5-13H,1-4H3;1H. The van der Waals surface area contributed by atoms with E-state index in [2.05, 4.69) is 0 Å². The second kappa shape index (κ2) is 9.37. The summed E-state index contributed by atoms with van der Waals surface area (Å²) < 4.78 is 10.9. The van der Waals surface area contributed by atoms with Crippen molar-refractivity contribution >= 4 is 47.3 Å². The topological polar surface area (TPSA) is 52.6 Å². The maximum atomic E-state index is 12.4. The zero-order valence-electron chi connectivity index (χ0n) is 15.1. The molecular formula is C20H22ClIO4. The van der Waals surface area contributed by atoms with Gasteiger partial charge in [0.2, 0.25) is 0 Å². The second-order valence-corrected chi connectivity index (χ2v) is 6.86. The Hall–Kier alpha value is -1.60. The lowest BCUT2D eigenvalue weighted by atomic mass is 10.0. The van der Waals surface area contributed by atoms with Crippen LogP contribution < -0.4 is 4.74 Å². The largest absolute Gasteiger partial charge is 0.476 e. The van der Waals surface area contributed by atoms with Gasteiger partial charge in [-0.15, -0.1) is 24.0 Å². The van der Waals surface area contributed by atoms with Gasteiger partial charge in [0.15, 0.2) is 11.4 Å². The van der Waals surface area contributed by atoms with Crippen molar-refractivity contribution in [3.8, 4) is 5.75 Å². The third-order valence-corrected chi connectivity index (χ3v) is 3.68. The van der Waals surface area contributed by atoms with E-state index in [9.17, 15) is 9.59 Å². The molecule has 0 aliphatic rings. The molecule has 0 saturated carbocycles. The molecule has 0 heterocycles. The number of halogens is 2. The fourth-order valence-corrected chi connectivity index (χ4v) is 2.26. The summed E-state index contributed by atoms with van der Waals surface area (Å²) in [6.07, 6.45) is -0.213. The quantitative estimate of drug-likeness (QED) is 0.315. The van der Waals surface area contributed by atoms with Crippen LogP contribution in [0.4, 0.5) is 0 Å². The monoisotopic (exact) mass is 488 g/mol. The van der Waals surface area contributed by atoms with Gasteiger partial charge in [0.05, 0.1) is 6.10 Å². The number of rotatable bonds is 6. The molecule has 0 fully saturated rings. The normalized spacial score (nSPS) is 10.8. The molecule has 0 spiro atoms. The van der Waals surface area contributed by atoms with Crippen molar-refractivity contribution in [2.75, 3.05) is 0 Å². The number of hydrogen-bond acceptors (Lipinski definition) is 4. The summed E-state index contributed by atoms with van der Waals surface area (Å²) in [5, 5.41) is 0.579. The summed E-state index contributed by atoms with van der Waals surface area (Å²) in [5.74, 6) is -0.0659. The highest BCUT2D eigenvalue weighted by Gasteiger charge is 2.32. The zero-order valence-corrected chi connectivity index (χ0v) is 18.2. The van der Waals surface area contributed by atoms with Crippen molar-refractivity contribution in [1.82, 2.24) is 0 Å². The van der Waals surface area contributed by atoms with E-state index in [0.717, 1.165) is 0 Å². The minimum Gasteiger partial charge on any atom is -0.476 e. The average Bonchev–Trinajstić information content (AvgIpc) is 2.54. The predicted octanol–water partition coefficient (Wildman–Crippen LogP) is 5.30. The Morgan fingerprint density at radius 3 is 1.85 bits per heavy atom. The number of esters is 1. The third kappa shape index (κ3) is 5.99. The molecular weight excluding hydrogens is 467 g/mol. The zero-order chi connectivity index (χ0) is 18.6. The van der Waals surface area contributed by atoms with E-state index in [1.807, 2.05) is 0 Å². The molecule has 26 heavy (non-hydrogen) atoms. The van der Waals surface area contributed by atoms with Crippen LogP contribution in [0, 0.1) is 0 Å². The summed E-state index contributed by atoms with van der Waals surface area (Å²) >= 11 is 5.84. The van der Waals surface area contributed by atoms with Gasteiger partial charge < -0.3 is 9.47 Å². The van der Waals surface area contributed by atoms with Crippen LogP contribution in [-0.2, 0) is 9.53 Å². The SMILES string of the molecule is CC(C)OC(=O)C(C)(C)Oc1ccc(C(=O)c2ccc(Cl)cc2)cc1.I. The van der Waals surface area contributed by atoms with E-state index in [4.69, 9.17) is 21.1 Å². The van der Waals surface area contributed by atoms with Crippen LogP contribution in [0.15, 0.2) is 48.5 Å². The Labute approximate surface area is 175 Å². The molecule has 0 radical (unpaired) electrons. The average molecular weight is 489 g/mol. The molecule has 0 atom stereocenters. The Morgan fingerprint density at radius 2 is 1.38 bits per heavy atom. The van der Waals surface area contributed by atoms with Gasteiger partial charge in [-0.1, -0.05) is 11.6 Å². The lowest BCUT2D eigenvalue weighted by molar-refractivity contribution is -0.163. The maximum absolute atomic E-state index is 12.4. The van der Waals surface area contributed by atoms with Gasteiger partial charge in [-0.05, 0) is 76.2 Å². The predicted molar refractivity (Wildman–Crippen MR) is 113 cm³/mol. The van der Waals surface area contributed by atoms with Gasteiger partial charge in [-0.25, -0.2) is 4.79 Å². The number of carbonyl (C=O) groups is 2. The van der Waals surface area contributed by atoms with Crippen LogP contribution in [0.2, 0.25) is 5.02 Å². The summed E-state index contributed by atoms with van der Waals surface area (Å²) in [6.45, 7) is 6.85. The summed E-state index contributed by atoms with van der Waals surface area (Å²) in [7, 11) is 0. The van der Waals surface area contributed by atoms with E-state index in [-0.39, 0.29) is 35.9 Å². The van der Waals surface area contributed by atoms with E-state index < -0.39 is 11.6 Å². The highest BCUT2D eigenvalue weighted by Crippen LogP contribution is 2.22.